The highest BCUT2D eigenvalue weighted by Gasteiger charge is 2.45. The Balaban J connectivity index is 1.74. The van der Waals surface area contributed by atoms with Crippen molar-refractivity contribution < 1.29 is 9.90 Å². The molecule has 3 atom stereocenters. The Labute approximate surface area is 96.6 Å². The van der Waals surface area contributed by atoms with Crippen LogP contribution in [-0.2, 0) is 4.79 Å². The third-order valence-corrected chi connectivity index (χ3v) is 5.23. The molecule has 1 aliphatic heterocycles. The standard InChI is InChI=1S/C13H21NO2/c15-13(16)12-7-14-6-11(12)10-5-8-1-3-9(10)4-2-8/h8-12,14H,1-7H2,(H,15,16). The third kappa shape index (κ3) is 1.65. The summed E-state index contributed by atoms with van der Waals surface area (Å²) in [7, 11) is 0. The summed E-state index contributed by atoms with van der Waals surface area (Å²) in [6.07, 6.45) is 6.83. The summed E-state index contributed by atoms with van der Waals surface area (Å²) in [4.78, 5) is 11.2. The quantitative estimate of drug-likeness (QED) is 0.749. The van der Waals surface area contributed by atoms with E-state index in [4.69, 9.17) is 0 Å². The summed E-state index contributed by atoms with van der Waals surface area (Å²) in [5.74, 6) is 2.14. The minimum absolute atomic E-state index is 0.121. The molecule has 3 aliphatic carbocycles. The van der Waals surface area contributed by atoms with Gasteiger partial charge in [0.15, 0.2) is 0 Å². The minimum atomic E-state index is -0.587. The molecule has 2 bridgehead atoms. The summed E-state index contributed by atoms with van der Waals surface area (Å²) in [5, 5.41) is 12.5. The van der Waals surface area contributed by atoms with Crippen molar-refractivity contribution in [1.82, 2.24) is 5.32 Å². The molecule has 3 saturated carbocycles. The van der Waals surface area contributed by atoms with Gasteiger partial charge in [0.25, 0.3) is 0 Å². The zero-order valence-corrected chi connectivity index (χ0v) is 9.69. The molecule has 4 fully saturated rings. The fourth-order valence-electron chi connectivity index (χ4n) is 4.37. The highest BCUT2D eigenvalue weighted by Crippen LogP contribution is 2.49. The van der Waals surface area contributed by atoms with E-state index in [1.54, 1.807) is 0 Å². The Morgan fingerprint density at radius 1 is 1.06 bits per heavy atom. The highest BCUT2D eigenvalue weighted by atomic mass is 16.4. The molecular weight excluding hydrogens is 202 g/mol. The van der Waals surface area contributed by atoms with Gasteiger partial charge >= 0.3 is 5.97 Å². The SMILES string of the molecule is O=C(O)C1CNCC1C1CC2CCC1CC2. The number of hydrogen-bond donors (Lipinski definition) is 2. The Bertz CT molecular complexity index is 284. The number of aliphatic carboxylic acids is 1. The van der Waals surface area contributed by atoms with Gasteiger partial charge in [-0.15, -0.1) is 0 Å². The van der Waals surface area contributed by atoms with Crippen molar-refractivity contribution in [2.75, 3.05) is 13.1 Å². The average Bonchev–Trinajstić information content (AvgIpc) is 2.79. The van der Waals surface area contributed by atoms with Crippen molar-refractivity contribution in [3.63, 3.8) is 0 Å². The van der Waals surface area contributed by atoms with Gasteiger partial charge in [-0.25, -0.2) is 0 Å². The van der Waals surface area contributed by atoms with Gasteiger partial charge in [-0.2, -0.15) is 0 Å². The molecule has 4 rings (SSSR count). The van der Waals surface area contributed by atoms with Gasteiger partial charge in [-0.1, -0.05) is 12.8 Å². The van der Waals surface area contributed by atoms with E-state index >= 15 is 0 Å². The highest BCUT2D eigenvalue weighted by molar-refractivity contribution is 5.71. The van der Waals surface area contributed by atoms with Gasteiger partial charge in [0.05, 0.1) is 5.92 Å². The molecule has 0 spiro atoms. The lowest BCUT2D eigenvalue weighted by Gasteiger charge is -2.45. The van der Waals surface area contributed by atoms with Crippen LogP contribution in [0.2, 0.25) is 0 Å². The summed E-state index contributed by atoms with van der Waals surface area (Å²) >= 11 is 0. The van der Waals surface area contributed by atoms with E-state index in [0.29, 0.717) is 18.4 Å². The molecule has 0 aromatic carbocycles. The summed E-state index contributed by atoms with van der Waals surface area (Å²) < 4.78 is 0. The maximum atomic E-state index is 11.2. The first kappa shape index (κ1) is 10.6. The monoisotopic (exact) mass is 223 g/mol. The molecular formula is C13H21NO2. The molecule has 16 heavy (non-hydrogen) atoms. The Hall–Kier alpha value is -0.570. The molecule has 3 unspecified atom stereocenters. The lowest BCUT2D eigenvalue weighted by molar-refractivity contribution is -0.143. The molecule has 1 heterocycles. The zero-order chi connectivity index (χ0) is 11.1. The van der Waals surface area contributed by atoms with Crippen molar-refractivity contribution in [2.24, 2.45) is 29.6 Å². The predicted molar refractivity (Wildman–Crippen MR) is 61.0 cm³/mol. The second kappa shape index (κ2) is 4.02. The number of carboxylic acids is 1. The van der Waals surface area contributed by atoms with Gasteiger partial charge in [0, 0.05) is 6.54 Å². The summed E-state index contributed by atoms with van der Waals surface area (Å²) in [5.41, 5.74) is 0. The van der Waals surface area contributed by atoms with Gasteiger partial charge in [-0.05, 0) is 49.5 Å². The molecule has 2 N–H and O–H groups in total. The fraction of sp³-hybridized carbons (Fsp3) is 0.923. The van der Waals surface area contributed by atoms with Crippen LogP contribution >= 0.6 is 0 Å². The second-order valence-electron chi connectivity index (χ2n) is 5.95. The number of carboxylic acid groups (broad SMARTS) is 1. The van der Waals surface area contributed by atoms with Crippen LogP contribution in [0.25, 0.3) is 0 Å². The molecule has 3 nitrogen and oxygen atoms in total. The van der Waals surface area contributed by atoms with Crippen LogP contribution in [0.15, 0.2) is 0 Å². The number of carbonyl (C=O) groups is 1. The Morgan fingerprint density at radius 2 is 1.81 bits per heavy atom. The lowest BCUT2D eigenvalue weighted by Crippen LogP contribution is -2.39. The fourth-order valence-corrected chi connectivity index (χ4v) is 4.37. The molecule has 0 aromatic heterocycles. The molecule has 3 heteroatoms. The third-order valence-electron chi connectivity index (χ3n) is 5.23. The first-order valence-corrected chi connectivity index (χ1v) is 6.69. The number of nitrogens with one attached hydrogen (secondary N) is 1. The molecule has 4 aliphatic rings. The van der Waals surface area contributed by atoms with Crippen molar-refractivity contribution in [3.8, 4) is 0 Å². The van der Waals surface area contributed by atoms with Gasteiger partial charge in [0.1, 0.15) is 0 Å². The van der Waals surface area contributed by atoms with E-state index in [9.17, 15) is 9.90 Å². The van der Waals surface area contributed by atoms with E-state index in [2.05, 4.69) is 5.32 Å². The van der Waals surface area contributed by atoms with E-state index < -0.39 is 5.97 Å². The largest absolute Gasteiger partial charge is 0.481 e. The van der Waals surface area contributed by atoms with Crippen LogP contribution in [0.3, 0.4) is 0 Å². The number of rotatable bonds is 2. The second-order valence-corrected chi connectivity index (χ2v) is 5.95. The van der Waals surface area contributed by atoms with Crippen LogP contribution in [0.1, 0.15) is 32.1 Å². The topological polar surface area (TPSA) is 49.3 Å². The van der Waals surface area contributed by atoms with Crippen LogP contribution < -0.4 is 5.32 Å². The van der Waals surface area contributed by atoms with Gasteiger partial charge in [-0.3, -0.25) is 4.79 Å². The lowest BCUT2D eigenvalue weighted by atomic mass is 9.59. The van der Waals surface area contributed by atoms with Gasteiger partial charge < -0.3 is 10.4 Å². The molecule has 1 saturated heterocycles. The maximum Gasteiger partial charge on any atom is 0.308 e. The first-order valence-electron chi connectivity index (χ1n) is 6.69. The van der Waals surface area contributed by atoms with Crippen molar-refractivity contribution >= 4 is 5.97 Å². The maximum absolute atomic E-state index is 11.2. The zero-order valence-electron chi connectivity index (χ0n) is 9.69. The van der Waals surface area contributed by atoms with E-state index in [0.717, 1.165) is 18.4 Å². The van der Waals surface area contributed by atoms with Crippen LogP contribution in [0.4, 0.5) is 0 Å². The molecule has 0 aromatic rings. The van der Waals surface area contributed by atoms with Crippen LogP contribution in [-0.4, -0.2) is 24.2 Å². The van der Waals surface area contributed by atoms with Crippen molar-refractivity contribution in [2.45, 2.75) is 32.1 Å². The van der Waals surface area contributed by atoms with Crippen LogP contribution in [0, 0.1) is 29.6 Å². The average molecular weight is 223 g/mol. The molecule has 0 radical (unpaired) electrons. The number of fused-ring (bicyclic) bond motifs is 3. The summed E-state index contributed by atoms with van der Waals surface area (Å²) in [6, 6.07) is 0. The van der Waals surface area contributed by atoms with Crippen molar-refractivity contribution in [1.29, 1.82) is 0 Å². The number of hydrogen-bond acceptors (Lipinski definition) is 2. The molecule has 0 amide bonds. The minimum Gasteiger partial charge on any atom is -0.481 e. The van der Waals surface area contributed by atoms with Gasteiger partial charge in [0.2, 0.25) is 0 Å². The smallest absolute Gasteiger partial charge is 0.308 e. The normalized spacial score (nSPS) is 47.1. The molecule has 90 valence electrons. The van der Waals surface area contributed by atoms with E-state index in [1.165, 1.54) is 32.1 Å². The van der Waals surface area contributed by atoms with E-state index in [1.807, 2.05) is 0 Å². The first-order chi connectivity index (χ1) is 7.75. The Morgan fingerprint density at radius 3 is 2.38 bits per heavy atom. The van der Waals surface area contributed by atoms with E-state index in [-0.39, 0.29) is 5.92 Å². The van der Waals surface area contributed by atoms with Crippen molar-refractivity contribution in [3.05, 3.63) is 0 Å². The predicted octanol–water partition coefficient (Wildman–Crippen LogP) is 1.73. The Kier molecular flexibility index (Phi) is 2.66. The van der Waals surface area contributed by atoms with Crippen LogP contribution in [0.5, 0.6) is 0 Å². The summed E-state index contributed by atoms with van der Waals surface area (Å²) in [6.45, 7) is 1.62.